The largest absolute Gasteiger partial charge is 0.280 e. The van der Waals surface area contributed by atoms with E-state index in [9.17, 15) is 16.8 Å². The summed E-state index contributed by atoms with van der Waals surface area (Å²) in [4.78, 5) is 4.42. The molecule has 100 valence electrons. The summed E-state index contributed by atoms with van der Waals surface area (Å²) in [6, 6.07) is 9.17. The van der Waals surface area contributed by atoms with Gasteiger partial charge in [-0.15, -0.1) is 0 Å². The molecule has 0 spiro atoms. The predicted octanol–water partition coefficient (Wildman–Crippen LogP) is 1.09. The summed E-state index contributed by atoms with van der Waals surface area (Å²) in [7, 11) is -7.44. The van der Waals surface area contributed by atoms with Crippen LogP contribution in [0, 0.1) is 0 Å². The van der Waals surface area contributed by atoms with E-state index < -0.39 is 20.0 Å². The number of hydrogen-bond donors (Lipinski definition) is 0. The molecule has 1 heterocycles. The lowest BCUT2D eigenvalue weighted by molar-refractivity contribution is 0.0286. The Morgan fingerprint density at radius 1 is 0.895 bits per heavy atom. The molecule has 0 aromatic heterocycles. The predicted molar refractivity (Wildman–Crippen MR) is 67.2 cm³/mol. The van der Waals surface area contributed by atoms with Crippen molar-refractivity contribution in [3.05, 3.63) is 36.4 Å². The van der Waals surface area contributed by atoms with Crippen LogP contribution in [0.25, 0.3) is 10.8 Å². The molecular formula is C11H9NO5S2. The molecule has 3 rings (SSSR count). The summed E-state index contributed by atoms with van der Waals surface area (Å²) in [5.74, 6) is 0. The Kier molecular flexibility index (Phi) is 2.49. The van der Waals surface area contributed by atoms with E-state index >= 15 is 0 Å². The zero-order valence-corrected chi connectivity index (χ0v) is 11.4. The zero-order valence-electron chi connectivity index (χ0n) is 9.77. The first-order valence-corrected chi connectivity index (χ1v) is 8.15. The molecule has 2 aromatic carbocycles. The van der Waals surface area contributed by atoms with Crippen LogP contribution >= 0.6 is 0 Å². The summed E-state index contributed by atoms with van der Waals surface area (Å²) in [5.41, 5.74) is 0. The van der Waals surface area contributed by atoms with Crippen LogP contribution < -0.4 is 0 Å². The van der Waals surface area contributed by atoms with Crippen molar-refractivity contribution in [2.45, 2.75) is 9.79 Å². The highest BCUT2D eigenvalue weighted by Gasteiger charge is 2.44. The number of hydrogen-bond acceptors (Lipinski definition) is 5. The third-order valence-corrected chi connectivity index (χ3v) is 6.98. The van der Waals surface area contributed by atoms with Crippen molar-refractivity contribution in [2.24, 2.45) is 0 Å². The van der Waals surface area contributed by atoms with E-state index in [0.29, 0.717) is 5.39 Å². The lowest BCUT2D eigenvalue weighted by Gasteiger charge is -2.25. The van der Waals surface area contributed by atoms with E-state index in [4.69, 9.17) is 0 Å². The van der Waals surface area contributed by atoms with Gasteiger partial charge in [0.1, 0.15) is 0 Å². The normalized spacial score (nSPS) is 20.5. The molecule has 2 aromatic rings. The fourth-order valence-electron chi connectivity index (χ4n) is 2.19. The molecule has 0 unspecified atom stereocenters. The van der Waals surface area contributed by atoms with Crippen molar-refractivity contribution in [2.75, 3.05) is 7.11 Å². The van der Waals surface area contributed by atoms with E-state index in [2.05, 4.69) is 4.84 Å². The molecule has 0 radical (unpaired) electrons. The van der Waals surface area contributed by atoms with Crippen LogP contribution in [0.1, 0.15) is 0 Å². The van der Waals surface area contributed by atoms with Crippen molar-refractivity contribution in [3.8, 4) is 0 Å². The van der Waals surface area contributed by atoms with Gasteiger partial charge >= 0.3 is 0 Å². The first kappa shape index (κ1) is 12.5. The number of rotatable bonds is 1. The lowest BCUT2D eigenvalue weighted by atomic mass is 10.1. The highest BCUT2D eigenvalue weighted by atomic mass is 32.3. The summed E-state index contributed by atoms with van der Waals surface area (Å²) in [6.45, 7) is 0. The van der Waals surface area contributed by atoms with E-state index in [0.717, 1.165) is 7.11 Å². The Labute approximate surface area is 110 Å². The second-order valence-electron chi connectivity index (χ2n) is 3.97. The van der Waals surface area contributed by atoms with Gasteiger partial charge in [0, 0.05) is 9.26 Å². The molecule has 1 aliphatic rings. The smallest absolute Gasteiger partial charge is 0.273 e. The zero-order chi connectivity index (χ0) is 13.8. The van der Waals surface area contributed by atoms with Crippen LogP contribution in [0.4, 0.5) is 0 Å². The van der Waals surface area contributed by atoms with Gasteiger partial charge in [0.05, 0.1) is 16.9 Å². The van der Waals surface area contributed by atoms with E-state index in [1.165, 1.54) is 12.1 Å². The van der Waals surface area contributed by atoms with Crippen molar-refractivity contribution < 1.29 is 21.7 Å². The van der Waals surface area contributed by atoms with Gasteiger partial charge in [-0.25, -0.2) is 16.8 Å². The Morgan fingerprint density at radius 3 is 1.79 bits per heavy atom. The molecule has 0 saturated heterocycles. The third kappa shape index (κ3) is 1.48. The van der Waals surface area contributed by atoms with Gasteiger partial charge < -0.3 is 0 Å². The Hall–Kier alpha value is -1.48. The van der Waals surface area contributed by atoms with Crippen molar-refractivity contribution in [1.29, 1.82) is 0 Å². The van der Waals surface area contributed by atoms with Gasteiger partial charge in [-0.2, -0.15) is 0 Å². The summed E-state index contributed by atoms with van der Waals surface area (Å²) in [6.07, 6.45) is 0. The van der Waals surface area contributed by atoms with Gasteiger partial charge in [-0.1, -0.05) is 24.3 Å². The summed E-state index contributed by atoms with van der Waals surface area (Å²) >= 11 is 0. The van der Waals surface area contributed by atoms with Crippen molar-refractivity contribution >= 4 is 30.8 Å². The molecule has 8 heteroatoms. The third-order valence-electron chi connectivity index (χ3n) is 2.93. The highest BCUT2D eigenvalue weighted by molar-refractivity contribution is 8.04. The van der Waals surface area contributed by atoms with Crippen molar-refractivity contribution in [1.82, 2.24) is 3.87 Å². The first-order chi connectivity index (χ1) is 8.90. The maximum atomic E-state index is 12.3. The molecule has 1 aliphatic heterocycles. The molecule has 6 nitrogen and oxygen atoms in total. The van der Waals surface area contributed by atoms with Gasteiger partial charge in [0.25, 0.3) is 20.0 Å². The van der Waals surface area contributed by atoms with Crippen LogP contribution in [0.5, 0.6) is 0 Å². The molecule has 0 fully saturated rings. The fourth-order valence-corrected chi connectivity index (χ4v) is 5.96. The minimum Gasteiger partial charge on any atom is -0.273 e. The van der Waals surface area contributed by atoms with Gasteiger partial charge in [-0.05, 0) is 17.5 Å². The molecule has 0 N–H and O–H groups in total. The quantitative estimate of drug-likeness (QED) is 0.787. The molecule has 0 atom stereocenters. The van der Waals surface area contributed by atoms with Crippen molar-refractivity contribution in [3.63, 3.8) is 0 Å². The lowest BCUT2D eigenvalue weighted by Crippen LogP contribution is -2.38. The van der Waals surface area contributed by atoms with E-state index in [1.807, 2.05) is 0 Å². The minimum absolute atomic E-state index is 0.0527. The van der Waals surface area contributed by atoms with Crippen LogP contribution in [0.3, 0.4) is 0 Å². The standard InChI is InChI=1S/C11H9NO5S2/c1-17-12-18(13,14)9-6-2-4-8-5-3-7-10(11(8)9)19(12,15)16/h2-7H,1H3. The monoisotopic (exact) mass is 299 g/mol. The molecule has 19 heavy (non-hydrogen) atoms. The summed E-state index contributed by atoms with van der Waals surface area (Å²) < 4.78 is 49.1. The second kappa shape index (κ2) is 3.76. The topological polar surface area (TPSA) is 80.8 Å². The van der Waals surface area contributed by atoms with E-state index in [-0.39, 0.29) is 19.1 Å². The fraction of sp³-hybridized carbons (Fsp3) is 0.0909. The minimum atomic E-state index is -4.22. The second-order valence-corrected chi connectivity index (χ2v) is 7.64. The maximum Gasteiger partial charge on any atom is 0.280 e. The Bertz CT molecular complexity index is 818. The SMILES string of the molecule is CON1S(=O)(=O)c2cccc3cccc(c23)S1(=O)=O. The van der Waals surface area contributed by atoms with E-state index in [1.54, 1.807) is 24.3 Å². The molecule has 0 bridgehead atoms. The average molecular weight is 299 g/mol. The Balaban J connectivity index is 2.63. The van der Waals surface area contributed by atoms with Crippen LogP contribution in [0.15, 0.2) is 46.2 Å². The van der Waals surface area contributed by atoms with Crippen LogP contribution in [-0.4, -0.2) is 27.8 Å². The Morgan fingerprint density at radius 2 is 1.37 bits per heavy atom. The number of nitrogens with zero attached hydrogens (tertiary/aromatic N) is 1. The number of benzene rings is 2. The highest BCUT2D eigenvalue weighted by Crippen LogP contribution is 2.38. The van der Waals surface area contributed by atoms with Gasteiger partial charge in [-0.3, -0.25) is 4.84 Å². The molecule has 0 amide bonds. The van der Waals surface area contributed by atoms with Gasteiger partial charge in [0.15, 0.2) is 0 Å². The van der Waals surface area contributed by atoms with Crippen LogP contribution in [-0.2, 0) is 24.9 Å². The summed E-state index contributed by atoms with van der Waals surface area (Å²) in [5, 5.41) is 0.760. The average Bonchev–Trinajstić information content (AvgIpc) is 2.36. The molecule has 0 aliphatic carbocycles. The molecular weight excluding hydrogens is 290 g/mol. The molecule has 0 saturated carbocycles. The maximum absolute atomic E-state index is 12.3. The van der Waals surface area contributed by atoms with Gasteiger partial charge in [0.2, 0.25) is 0 Å². The van der Waals surface area contributed by atoms with Crippen LogP contribution in [0.2, 0.25) is 0 Å². The number of sulfonamides is 2. The first-order valence-electron chi connectivity index (χ1n) is 5.27.